The van der Waals surface area contributed by atoms with Crippen LogP contribution in [0.4, 0.5) is 10.5 Å². The van der Waals surface area contributed by atoms with Gasteiger partial charge in [0.05, 0.1) is 12.0 Å². The van der Waals surface area contributed by atoms with Gasteiger partial charge in [0.25, 0.3) is 0 Å². The van der Waals surface area contributed by atoms with Crippen LogP contribution in [0.25, 0.3) is 0 Å². The van der Waals surface area contributed by atoms with Crippen LogP contribution >= 0.6 is 0 Å². The second kappa shape index (κ2) is 9.24. The van der Waals surface area contributed by atoms with Gasteiger partial charge in [-0.25, -0.2) is 4.79 Å². The van der Waals surface area contributed by atoms with Gasteiger partial charge < -0.3 is 9.47 Å². The van der Waals surface area contributed by atoms with Gasteiger partial charge in [0.1, 0.15) is 6.61 Å². The van der Waals surface area contributed by atoms with Gasteiger partial charge in [-0.3, -0.25) is 9.69 Å². The Morgan fingerprint density at radius 3 is 2.72 bits per heavy atom. The number of amides is 1. The first-order valence-corrected chi connectivity index (χ1v) is 13.5. The third-order valence-corrected chi connectivity index (χ3v) is 9.10. The van der Waals surface area contributed by atoms with Gasteiger partial charge in [-0.15, -0.1) is 0 Å². The molecule has 2 aromatic carbocycles. The Hall–Kier alpha value is -2.82. The highest BCUT2D eigenvalue weighted by Crippen LogP contribution is 2.57. The number of aryl methyl sites for hydroxylation is 2. The van der Waals surface area contributed by atoms with Crippen molar-refractivity contribution in [2.24, 2.45) is 11.3 Å². The molecule has 1 saturated heterocycles. The molecule has 2 fully saturated rings. The summed E-state index contributed by atoms with van der Waals surface area (Å²) in [5, 5.41) is 0. The molecule has 4 atom stereocenters. The minimum absolute atomic E-state index is 0.0308. The predicted molar refractivity (Wildman–Crippen MR) is 141 cm³/mol. The maximum absolute atomic E-state index is 13.6. The molecule has 2 unspecified atom stereocenters. The molecule has 192 valence electrons. The summed E-state index contributed by atoms with van der Waals surface area (Å²) in [6, 6.07) is 14.8. The molecule has 0 aromatic heterocycles. The van der Waals surface area contributed by atoms with Crippen LogP contribution < -0.4 is 4.90 Å². The van der Waals surface area contributed by atoms with Gasteiger partial charge >= 0.3 is 12.1 Å². The van der Waals surface area contributed by atoms with Crippen molar-refractivity contribution in [3.05, 3.63) is 64.7 Å². The van der Waals surface area contributed by atoms with E-state index >= 15 is 0 Å². The van der Waals surface area contributed by atoms with Crippen LogP contribution in [0, 0.1) is 18.3 Å². The Morgan fingerprint density at radius 2 is 1.97 bits per heavy atom. The van der Waals surface area contributed by atoms with Crippen molar-refractivity contribution in [3.63, 3.8) is 0 Å². The van der Waals surface area contributed by atoms with E-state index in [4.69, 9.17) is 9.47 Å². The van der Waals surface area contributed by atoms with Crippen molar-refractivity contribution in [2.75, 3.05) is 18.1 Å². The minimum atomic E-state index is -0.541. The van der Waals surface area contributed by atoms with Gasteiger partial charge in [0.15, 0.2) is 6.10 Å². The molecule has 1 heterocycles. The van der Waals surface area contributed by atoms with E-state index in [1.54, 1.807) is 4.90 Å². The number of fused-ring (bicyclic) bond motifs is 3. The van der Waals surface area contributed by atoms with Gasteiger partial charge in [0.2, 0.25) is 0 Å². The van der Waals surface area contributed by atoms with E-state index in [1.165, 1.54) is 16.7 Å². The molecule has 36 heavy (non-hydrogen) atoms. The molecule has 3 aliphatic rings. The fourth-order valence-corrected chi connectivity index (χ4v) is 7.06. The molecule has 5 heteroatoms. The molecule has 5 rings (SSSR count). The summed E-state index contributed by atoms with van der Waals surface area (Å²) in [4.78, 5) is 27.7. The Bertz CT molecular complexity index is 1170. The van der Waals surface area contributed by atoms with Crippen molar-refractivity contribution in [1.82, 2.24) is 0 Å². The number of hydrogen-bond acceptors (Lipinski definition) is 4. The quantitative estimate of drug-likeness (QED) is 0.439. The largest absolute Gasteiger partial charge is 0.461 e. The minimum Gasteiger partial charge on any atom is -0.461 e. The second-order valence-corrected chi connectivity index (χ2v) is 11.9. The monoisotopic (exact) mass is 489 g/mol. The standard InChI is InChI=1S/C31H39NO4/c1-20(2)22-10-12-26-23(17-22)11-13-27-30(26,4)14-7-15-31(27,5)28(33)35-19-25-18-32(29(34)36-25)24-9-6-8-21(3)16-24/h6,8-10,12,16-17,20,25,27H,7,11,13-15,18-19H2,1-5H3/t25?,27?,30-,31-/m1/s1. The second-order valence-electron chi connectivity index (χ2n) is 11.9. The number of nitrogens with zero attached hydrogens (tertiary/aromatic N) is 1. The number of rotatable bonds is 5. The van der Waals surface area contributed by atoms with Crippen molar-refractivity contribution in [3.8, 4) is 0 Å². The van der Waals surface area contributed by atoms with E-state index in [-0.39, 0.29) is 30.0 Å². The van der Waals surface area contributed by atoms with Crippen LogP contribution in [0.15, 0.2) is 42.5 Å². The normalized spacial score (nSPS) is 29.5. The number of hydrogen-bond donors (Lipinski definition) is 0. The summed E-state index contributed by atoms with van der Waals surface area (Å²) in [5.41, 5.74) is 5.58. The van der Waals surface area contributed by atoms with E-state index in [2.05, 4.69) is 45.9 Å². The summed E-state index contributed by atoms with van der Waals surface area (Å²) in [5.74, 6) is 0.600. The lowest BCUT2D eigenvalue weighted by Crippen LogP contribution is -2.53. The lowest BCUT2D eigenvalue weighted by molar-refractivity contribution is -0.166. The Morgan fingerprint density at radius 1 is 1.17 bits per heavy atom. The molecule has 0 bridgehead atoms. The average Bonchev–Trinajstić information content (AvgIpc) is 3.22. The topological polar surface area (TPSA) is 55.8 Å². The van der Waals surface area contributed by atoms with E-state index in [0.29, 0.717) is 12.5 Å². The first-order valence-electron chi connectivity index (χ1n) is 13.5. The van der Waals surface area contributed by atoms with Crippen molar-refractivity contribution in [1.29, 1.82) is 0 Å². The number of benzene rings is 2. The molecule has 5 nitrogen and oxygen atoms in total. The molecular weight excluding hydrogens is 450 g/mol. The van der Waals surface area contributed by atoms with Gasteiger partial charge in [-0.05, 0) is 91.2 Å². The molecule has 1 aliphatic heterocycles. The number of carbonyl (C=O) groups is 2. The fourth-order valence-electron chi connectivity index (χ4n) is 7.06. The van der Waals surface area contributed by atoms with Gasteiger partial charge in [-0.2, -0.15) is 0 Å². The lowest BCUT2D eigenvalue weighted by atomic mass is 9.49. The maximum atomic E-state index is 13.6. The summed E-state index contributed by atoms with van der Waals surface area (Å²) in [6.07, 6.45) is 4.10. The summed E-state index contributed by atoms with van der Waals surface area (Å²) in [7, 11) is 0. The van der Waals surface area contributed by atoms with Crippen molar-refractivity contribution >= 4 is 17.7 Å². The summed E-state index contributed by atoms with van der Waals surface area (Å²) >= 11 is 0. The Labute approximate surface area is 215 Å². The molecular formula is C31H39NO4. The molecule has 2 aliphatic carbocycles. The van der Waals surface area contributed by atoms with Crippen molar-refractivity contribution < 1.29 is 19.1 Å². The highest BCUT2D eigenvalue weighted by Gasteiger charge is 2.56. The zero-order valence-electron chi connectivity index (χ0n) is 22.3. The van der Waals surface area contributed by atoms with Crippen LogP contribution in [0.3, 0.4) is 0 Å². The smallest absolute Gasteiger partial charge is 0.414 e. The molecule has 1 saturated carbocycles. The van der Waals surface area contributed by atoms with Crippen LogP contribution in [0.5, 0.6) is 0 Å². The fraction of sp³-hybridized carbons (Fsp3) is 0.548. The number of carbonyl (C=O) groups excluding carboxylic acids is 2. The number of cyclic esters (lactones) is 1. The highest BCUT2D eigenvalue weighted by molar-refractivity contribution is 5.89. The van der Waals surface area contributed by atoms with E-state index < -0.39 is 11.5 Å². The Kier molecular flexibility index (Phi) is 6.38. The molecule has 1 amide bonds. The zero-order valence-corrected chi connectivity index (χ0v) is 22.3. The molecule has 0 N–H and O–H groups in total. The summed E-state index contributed by atoms with van der Waals surface area (Å²) in [6.45, 7) is 11.4. The van der Waals surface area contributed by atoms with Crippen LogP contribution in [-0.2, 0) is 26.1 Å². The first-order chi connectivity index (χ1) is 17.1. The third kappa shape index (κ3) is 4.21. The number of esters is 1. The highest BCUT2D eigenvalue weighted by atomic mass is 16.6. The Balaban J connectivity index is 1.29. The van der Waals surface area contributed by atoms with Crippen LogP contribution in [0.2, 0.25) is 0 Å². The first kappa shape index (κ1) is 24.9. The van der Waals surface area contributed by atoms with Gasteiger partial charge in [0, 0.05) is 5.69 Å². The average molecular weight is 490 g/mol. The third-order valence-electron chi connectivity index (χ3n) is 9.10. The molecule has 0 spiro atoms. The lowest BCUT2D eigenvalue weighted by Gasteiger charge is -2.54. The summed E-state index contributed by atoms with van der Waals surface area (Å²) < 4.78 is 11.5. The SMILES string of the molecule is Cc1cccc(N2CC(COC(=O)[C@]3(C)CCC[C@]4(C)c5ccc(C(C)C)cc5CCC34)OC2=O)c1. The van der Waals surface area contributed by atoms with Crippen LogP contribution in [-0.4, -0.2) is 31.3 Å². The zero-order chi connectivity index (χ0) is 25.7. The van der Waals surface area contributed by atoms with E-state index in [1.807, 2.05) is 31.2 Å². The number of anilines is 1. The van der Waals surface area contributed by atoms with E-state index in [0.717, 1.165) is 43.4 Å². The molecule has 2 aromatic rings. The van der Waals surface area contributed by atoms with Crippen molar-refractivity contribution in [2.45, 2.75) is 84.2 Å². The number of ether oxygens (including phenoxy) is 2. The predicted octanol–water partition coefficient (Wildman–Crippen LogP) is 6.70. The maximum Gasteiger partial charge on any atom is 0.414 e. The molecule has 0 radical (unpaired) electrons. The van der Waals surface area contributed by atoms with Gasteiger partial charge in [-0.1, -0.05) is 57.5 Å². The van der Waals surface area contributed by atoms with E-state index in [9.17, 15) is 9.59 Å². The van der Waals surface area contributed by atoms with Crippen LogP contribution in [0.1, 0.15) is 81.5 Å².